The summed E-state index contributed by atoms with van der Waals surface area (Å²) in [6.07, 6.45) is 9.19. The smallest absolute Gasteiger partial charge is 0.328 e. The largest absolute Gasteiger partial charge is 0.478 e. The molecule has 1 saturated carbocycles. The molecule has 8 heteroatoms. The van der Waals surface area contributed by atoms with Crippen molar-refractivity contribution in [3.8, 4) is 0 Å². The predicted molar refractivity (Wildman–Crippen MR) is 119 cm³/mol. The fourth-order valence-electron chi connectivity index (χ4n) is 4.46. The van der Waals surface area contributed by atoms with Crippen molar-refractivity contribution in [2.75, 3.05) is 39.0 Å². The van der Waals surface area contributed by atoms with E-state index in [0.717, 1.165) is 51.3 Å². The summed E-state index contributed by atoms with van der Waals surface area (Å²) < 4.78 is 0. The molecule has 0 unspecified atom stereocenters. The average molecular weight is 435 g/mol. The van der Waals surface area contributed by atoms with Gasteiger partial charge in [-0.1, -0.05) is 11.6 Å². The van der Waals surface area contributed by atoms with Crippen molar-refractivity contribution < 1.29 is 14.7 Å². The lowest BCUT2D eigenvalue weighted by atomic mass is 9.81. The third-order valence-electron chi connectivity index (χ3n) is 5.94. The Bertz CT molecular complexity index is 791. The number of aromatic nitrogens is 1. The molecule has 1 aromatic rings. The van der Waals surface area contributed by atoms with Gasteiger partial charge in [0.25, 0.3) is 0 Å². The molecule has 0 bridgehead atoms. The number of carbonyl (C=O) groups is 2. The van der Waals surface area contributed by atoms with E-state index in [2.05, 4.69) is 29.3 Å². The molecular weight excluding hydrogens is 404 g/mol. The predicted octanol–water partition coefficient (Wildman–Crippen LogP) is 3.21. The Balaban J connectivity index is 1.50. The van der Waals surface area contributed by atoms with Gasteiger partial charge in [0.2, 0.25) is 5.91 Å². The van der Waals surface area contributed by atoms with Gasteiger partial charge in [0.05, 0.1) is 5.02 Å². The summed E-state index contributed by atoms with van der Waals surface area (Å²) in [7, 11) is 4.21. The average Bonchev–Trinajstić information content (AvgIpc) is 3.16. The Hall–Kier alpha value is -2.12. The van der Waals surface area contributed by atoms with E-state index in [9.17, 15) is 9.59 Å². The summed E-state index contributed by atoms with van der Waals surface area (Å²) >= 11 is 6.30. The first-order valence-corrected chi connectivity index (χ1v) is 11.0. The van der Waals surface area contributed by atoms with Crippen LogP contribution in [0, 0.1) is 11.8 Å². The standard InChI is InChI=1S/C22H31ClN4O3/c1-26(2)13-15-3-6-17(7-4-15)22(30)27-10-9-18(14-27)25-21-19(23)11-16(12-24-21)5-8-20(28)29/h5,8,11-12,15,17-18H,3-4,6-7,9-10,13-14H2,1-2H3,(H,24,25)(H,28,29)/b8-5+/t15?,17?,18-/m1/s1. The Morgan fingerprint density at radius 1 is 1.30 bits per heavy atom. The fourth-order valence-corrected chi connectivity index (χ4v) is 4.69. The highest BCUT2D eigenvalue weighted by atomic mass is 35.5. The number of hydrogen-bond acceptors (Lipinski definition) is 5. The third kappa shape index (κ3) is 6.19. The zero-order valence-corrected chi connectivity index (χ0v) is 18.4. The molecule has 30 heavy (non-hydrogen) atoms. The zero-order valence-electron chi connectivity index (χ0n) is 17.7. The highest BCUT2D eigenvalue weighted by molar-refractivity contribution is 6.33. The van der Waals surface area contributed by atoms with E-state index >= 15 is 0 Å². The minimum absolute atomic E-state index is 0.115. The quantitative estimate of drug-likeness (QED) is 0.641. The van der Waals surface area contributed by atoms with Crippen LogP contribution in [0.15, 0.2) is 18.3 Å². The normalized spacial score (nSPS) is 24.5. The second-order valence-electron chi connectivity index (χ2n) is 8.66. The van der Waals surface area contributed by atoms with Gasteiger partial charge in [0.1, 0.15) is 5.82 Å². The molecule has 164 valence electrons. The summed E-state index contributed by atoms with van der Waals surface area (Å²) in [5, 5.41) is 12.5. The van der Waals surface area contributed by atoms with Gasteiger partial charge in [-0.3, -0.25) is 4.79 Å². The van der Waals surface area contributed by atoms with Crippen LogP contribution in [0.4, 0.5) is 5.82 Å². The molecule has 1 aromatic heterocycles. The molecule has 0 aromatic carbocycles. The SMILES string of the molecule is CN(C)CC1CCC(C(=O)N2CC[C@@H](Nc3ncc(/C=C/C(=O)O)cc3Cl)C2)CC1. The molecule has 0 radical (unpaired) electrons. The maximum Gasteiger partial charge on any atom is 0.328 e. The first-order chi connectivity index (χ1) is 14.3. The van der Waals surface area contributed by atoms with Crippen molar-refractivity contribution in [2.24, 2.45) is 11.8 Å². The zero-order chi connectivity index (χ0) is 21.7. The molecular formula is C22H31ClN4O3. The molecule has 2 aliphatic rings. The lowest BCUT2D eigenvalue weighted by molar-refractivity contribution is -0.136. The van der Waals surface area contributed by atoms with Gasteiger partial charge in [-0.25, -0.2) is 9.78 Å². The van der Waals surface area contributed by atoms with Gasteiger partial charge in [-0.2, -0.15) is 0 Å². The van der Waals surface area contributed by atoms with Crippen LogP contribution >= 0.6 is 11.6 Å². The van der Waals surface area contributed by atoms with Crippen LogP contribution in [0.25, 0.3) is 6.08 Å². The number of carboxylic acid groups (broad SMARTS) is 1. The van der Waals surface area contributed by atoms with Crippen molar-refractivity contribution in [3.05, 3.63) is 28.9 Å². The summed E-state index contributed by atoms with van der Waals surface area (Å²) in [4.78, 5) is 32.1. The van der Waals surface area contributed by atoms with Crippen LogP contribution in [0.2, 0.25) is 5.02 Å². The first kappa shape index (κ1) is 22.6. The number of nitrogens with zero attached hydrogens (tertiary/aromatic N) is 3. The van der Waals surface area contributed by atoms with Gasteiger partial charge in [0, 0.05) is 43.9 Å². The molecule has 2 fully saturated rings. The second-order valence-corrected chi connectivity index (χ2v) is 9.07. The highest BCUT2D eigenvalue weighted by Crippen LogP contribution is 2.31. The van der Waals surface area contributed by atoms with Crippen molar-refractivity contribution in [3.63, 3.8) is 0 Å². The van der Waals surface area contributed by atoms with Crippen LogP contribution in [-0.4, -0.2) is 71.5 Å². The third-order valence-corrected chi connectivity index (χ3v) is 6.23. The van der Waals surface area contributed by atoms with Crippen molar-refractivity contribution in [1.29, 1.82) is 0 Å². The monoisotopic (exact) mass is 434 g/mol. The number of likely N-dealkylation sites (tertiary alicyclic amines) is 1. The van der Waals surface area contributed by atoms with Crippen molar-refractivity contribution >= 4 is 35.4 Å². The number of pyridine rings is 1. The highest BCUT2D eigenvalue weighted by Gasteiger charge is 2.33. The fraction of sp³-hybridized carbons (Fsp3) is 0.591. The summed E-state index contributed by atoms with van der Waals surface area (Å²) in [6, 6.07) is 1.80. The maximum atomic E-state index is 13.0. The minimum atomic E-state index is -1.02. The second kappa shape index (κ2) is 10.3. The van der Waals surface area contributed by atoms with E-state index in [1.807, 2.05) is 4.90 Å². The summed E-state index contributed by atoms with van der Waals surface area (Å²) in [5.41, 5.74) is 0.626. The maximum absolute atomic E-state index is 13.0. The van der Waals surface area contributed by atoms with Gasteiger partial charge in [-0.15, -0.1) is 0 Å². The molecule has 2 heterocycles. The van der Waals surface area contributed by atoms with Gasteiger partial charge < -0.3 is 20.2 Å². The molecule has 7 nitrogen and oxygen atoms in total. The number of hydrogen-bond donors (Lipinski definition) is 2. The molecule has 1 amide bonds. The van der Waals surface area contributed by atoms with Crippen LogP contribution in [0.5, 0.6) is 0 Å². The molecule has 1 aliphatic heterocycles. The summed E-state index contributed by atoms with van der Waals surface area (Å²) in [5.74, 6) is 0.696. The van der Waals surface area contributed by atoms with E-state index in [4.69, 9.17) is 16.7 Å². The van der Waals surface area contributed by atoms with Crippen LogP contribution in [-0.2, 0) is 9.59 Å². The number of aliphatic carboxylic acids is 1. The number of amides is 1. The summed E-state index contributed by atoms with van der Waals surface area (Å²) in [6.45, 7) is 2.52. The number of carbonyl (C=O) groups excluding carboxylic acids is 1. The van der Waals surface area contributed by atoms with Gasteiger partial charge in [0.15, 0.2) is 0 Å². The Morgan fingerprint density at radius 2 is 2.03 bits per heavy atom. The number of nitrogens with one attached hydrogen (secondary N) is 1. The Labute approximate surface area is 183 Å². The van der Waals surface area contributed by atoms with Crippen LogP contribution < -0.4 is 5.32 Å². The molecule has 1 aliphatic carbocycles. The van der Waals surface area contributed by atoms with Crippen LogP contribution in [0.1, 0.15) is 37.7 Å². The molecule has 1 atom stereocenters. The lowest BCUT2D eigenvalue weighted by Crippen LogP contribution is -2.38. The van der Waals surface area contributed by atoms with Crippen molar-refractivity contribution in [2.45, 2.75) is 38.1 Å². The Kier molecular flexibility index (Phi) is 7.72. The molecule has 2 N–H and O–H groups in total. The first-order valence-electron chi connectivity index (χ1n) is 10.6. The van der Waals surface area contributed by atoms with E-state index in [1.165, 1.54) is 6.08 Å². The van der Waals surface area contributed by atoms with E-state index in [0.29, 0.717) is 28.9 Å². The van der Waals surface area contributed by atoms with E-state index in [1.54, 1.807) is 12.3 Å². The molecule has 1 saturated heterocycles. The number of anilines is 1. The molecule has 0 spiro atoms. The van der Waals surface area contributed by atoms with Crippen molar-refractivity contribution in [1.82, 2.24) is 14.8 Å². The van der Waals surface area contributed by atoms with E-state index in [-0.39, 0.29) is 17.9 Å². The van der Waals surface area contributed by atoms with Gasteiger partial charge >= 0.3 is 5.97 Å². The van der Waals surface area contributed by atoms with E-state index < -0.39 is 5.97 Å². The minimum Gasteiger partial charge on any atom is -0.478 e. The number of halogens is 1. The number of rotatable bonds is 7. The van der Waals surface area contributed by atoms with Crippen LogP contribution in [0.3, 0.4) is 0 Å². The lowest BCUT2D eigenvalue weighted by Gasteiger charge is -2.31. The Morgan fingerprint density at radius 3 is 2.67 bits per heavy atom. The topological polar surface area (TPSA) is 85.8 Å². The number of carboxylic acids is 1. The molecule has 3 rings (SSSR count). The van der Waals surface area contributed by atoms with Gasteiger partial charge in [-0.05, 0) is 69.8 Å².